The Hall–Kier alpha value is -2.33. The van der Waals surface area contributed by atoms with Crippen molar-refractivity contribution in [1.29, 1.82) is 0 Å². The Kier molecular flexibility index (Phi) is 5.98. The molecule has 1 N–H and O–H groups in total. The van der Waals surface area contributed by atoms with Gasteiger partial charge in [0.15, 0.2) is 0 Å². The lowest BCUT2D eigenvalue weighted by molar-refractivity contribution is -0.132. The van der Waals surface area contributed by atoms with Gasteiger partial charge in [0, 0.05) is 0 Å². The average Bonchev–Trinajstić information content (AvgIpc) is 3.07. The Morgan fingerprint density at radius 3 is 2.73 bits per heavy atom. The summed E-state index contributed by atoms with van der Waals surface area (Å²) in [5.74, 6) is 0.521. The van der Waals surface area contributed by atoms with E-state index in [1.54, 1.807) is 25.3 Å². The molecule has 22 heavy (non-hydrogen) atoms. The van der Waals surface area contributed by atoms with Crippen molar-refractivity contribution in [2.75, 3.05) is 6.61 Å². The van der Waals surface area contributed by atoms with Crippen molar-refractivity contribution < 1.29 is 13.9 Å². The van der Waals surface area contributed by atoms with Gasteiger partial charge in [0.2, 0.25) is 5.91 Å². The molecule has 0 aliphatic heterocycles. The van der Waals surface area contributed by atoms with Crippen LogP contribution in [0.3, 0.4) is 0 Å². The van der Waals surface area contributed by atoms with E-state index in [9.17, 15) is 4.79 Å². The summed E-state index contributed by atoms with van der Waals surface area (Å²) in [5, 5.41) is 2.98. The fourth-order valence-corrected chi connectivity index (χ4v) is 2.08. The van der Waals surface area contributed by atoms with Crippen LogP contribution >= 0.6 is 0 Å². The molecule has 116 valence electrons. The predicted molar refractivity (Wildman–Crippen MR) is 85.4 cm³/mol. The van der Waals surface area contributed by atoms with E-state index < -0.39 is 6.10 Å². The maximum atomic E-state index is 12.3. The quantitative estimate of drug-likeness (QED) is 0.600. The minimum atomic E-state index is -0.527. The molecule has 1 aromatic carbocycles. The number of nitrogens with one attached hydrogen (secondary N) is 1. The maximum Gasteiger partial charge on any atom is 0.249 e. The first-order valence-electron chi connectivity index (χ1n) is 7.33. The first-order chi connectivity index (χ1) is 10.7. The summed E-state index contributed by atoms with van der Waals surface area (Å²) in [5.41, 5.74) is 0.962. The second-order valence-corrected chi connectivity index (χ2v) is 4.96. The van der Waals surface area contributed by atoms with Crippen molar-refractivity contribution in [2.24, 2.45) is 0 Å². The van der Waals surface area contributed by atoms with Crippen LogP contribution in [0.2, 0.25) is 0 Å². The van der Waals surface area contributed by atoms with Gasteiger partial charge in [-0.25, -0.2) is 0 Å². The van der Waals surface area contributed by atoms with Crippen LogP contribution in [0.4, 0.5) is 0 Å². The van der Waals surface area contributed by atoms with Gasteiger partial charge in [-0.2, -0.15) is 0 Å². The average molecular weight is 299 g/mol. The number of hydrogen-bond acceptors (Lipinski definition) is 3. The van der Waals surface area contributed by atoms with Crippen molar-refractivity contribution in [3.8, 4) is 0 Å². The number of furan rings is 1. The summed E-state index contributed by atoms with van der Waals surface area (Å²) >= 11 is 0. The first-order valence-corrected chi connectivity index (χ1v) is 7.33. The molecule has 4 nitrogen and oxygen atoms in total. The highest BCUT2D eigenvalue weighted by Gasteiger charge is 2.22. The standard InChI is InChI=1S/C18H21NO3/c1-3-4-12-21-14(2)18(20)19-17(16-11-8-13-22-16)15-9-6-5-7-10-15/h3,5-11,13-14,17H,1,4,12H2,2H3,(H,19,20). The Morgan fingerprint density at radius 1 is 1.32 bits per heavy atom. The third-order valence-corrected chi connectivity index (χ3v) is 3.31. The van der Waals surface area contributed by atoms with Crippen molar-refractivity contribution in [1.82, 2.24) is 5.32 Å². The van der Waals surface area contributed by atoms with Gasteiger partial charge in [-0.05, 0) is 31.0 Å². The summed E-state index contributed by atoms with van der Waals surface area (Å²) in [6.07, 6.45) is 3.56. The molecular weight excluding hydrogens is 278 g/mol. The van der Waals surface area contributed by atoms with Gasteiger partial charge < -0.3 is 14.5 Å². The van der Waals surface area contributed by atoms with E-state index in [-0.39, 0.29) is 11.9 Å². The summed E-state index contributed by atoms with van der Waals surface area (Å²) in [4.78, 5) is 12.3. The second-order valence-electron chi connectivity index (χ2n) is 4.96. The SMILES string of the molecule is C=CCCOC(C)C(=O)NC(c1ccccc1)c1ccco1. The van der Waals surface area contributed by atoms with Gasteiger partial charge in [0.25, 0.3) is 0 Å². The molecule has 0 spiro atoms. The smallest absolute Gasteiger partial charge is 0.249 e. The predicted octanol–water partition coefficient (Wildman–Crippen LogP) is 3.47. The highest BCUT2D eigenvalue weighted by atomic mass is 16.5. The lowest BCUT2D eigenvalue weighted by Gasteiger charge is -2.20. The topological polar surface area (TPSA) is 51.5 Å². The van der Waals surface area contributed by atoms with Crippen molar-refractivity contribution in [2.45, 2.75) is 25.5 Å². The molecule has 0 aliphatic rings. The van der Waals surface area contributed by atoms with E-state index >= 15 is 0 Å². The molecule has 2 aromatic rings. The van der Waals surface area contributed by atoms with Crippen LogP contribution in [0.1, 0.15) is 30.7 Å². The Bertz CT molecular complexity index is 578. The number of amides is 1. The third kappa shape index (κ3) is 4.33. The Balaban J connectivity index is 2.07. The molecule has 4 heteroatoms. The molecule has 1 amide bonds. The molecule has 0 saturated carbocycles. The largest absolute Gasteiger partial charge is 0.467 e. The van der Waals surface area contributed by atoms with E-state index in [1.165, 1.54) is 0 Å². The summed E-state index contributed by atoms with van der Waals surface area (Å²) in [7, 11) is 0. The van der Waals surface area contributed by atoms with Crippen molar-refractivity contribution in [3.05, 3.63) is 72.7 Å². The summed E-state index contributed by atoms with van der Waals surface area (Å²) < 4.78 is 10.9. The molecule has 2 unspecified atom stereocenters. The molecule has 2 rings (SSSR count). The van der Waals surface area contributed by atoms with E-state index in [2.05, 4.69) is 11.9 Å². The lowest BCUT2D eigenvalue weighted by atomic mass is 10.0. The van der Waals surface area contributed by atoms with Crippen LogP contribution in [-0.4, -0.2) is 18.6 Å². The van der Waals surface area contributed by atoms with Gasteiger partial charge in [-0.15, -0.1) is 6.58 Å². The molecule has 0 saturated heterocycles. The maximum absolute atomic E-state index is 12.3. The highest BCUT2D eigenvalue weighted by molar-refractivity contribution is 5.81. The highest BCUT2D eigenvalue weighted by Crippen LogP contribution is 2.22. The van der Waals surface area contributed by atoms with Gasteiger partial charge in [-0.1, -0.05) is 36.4 Å². The van der Waals surface area contributed by atoms with Crippen LogP contribution in [0.5, 0.6) is 0 Å². The third-order valence-electron chi connectivity index (χ3n) is 3.31. The summed E-state index contributed by atoms with van der Waals surface area (Å²) in [6, 6.07) is 13.0. The van der Waals surface area contributed by atoms with Crippen LogP contribution in [0.25, 0.3) is 0 Å². The monoisotopic (exact) mass is 299 g/mol. The summed E-state index contributed by atoms with van der Waals surface area (Å²) in [6.45, 7) is 5.85. The minimum Gasteiger partial charge on any atom is -0.467 e. The molecule has 1 aromatic heterocycles. The number of carbonyl (C=O) groups is 1. The molecule has 0 bridgehead atoms. The van der Waals surface area contributed by atoms with Crippen LogP contribution in [-0.2, 0) is 9.53 Å². The second kappa shape index (κ2) is 8.20. The number of hydrogen-bond donors (Lipinski definition) is 1. The van der Waals surface area contributed by atoms with Gasteiger partial charge in [0.05, 0.1) is 12.9 Å². The van der Waals surface area contributed by atoms with Gasteiger partial charge in [-0.3, -0.25) is 4.79 Å². The number of ether oxygens (including phenoxy) is 1. The normalized spacial score (nSPS) is 13.3. The van der Waals surface area contributed by atoms with Crippen LogP contribution in [0.15, 0.2) is 65.8 Å². The lowest BCUT2D eigenvalue weighted by Crippen LogP contribution is -2.37. The number of rotatable bonds is 8. The first kappa shape index (κ1) is 16.0. The molecule has 2 atom stereocenters. The van der Waals surface area contributed by atoms with Crippen molar-refractivity contribution in [3.63, 3.8) is 0 Å². The van der Waals surface area contributed by atoms with Crippen molar-refractivity contribution >= 4 is 5.91 Å². The van der Waals surface area contributed by atoms with Crippen LogP contribution < -0.4 is 5.32 Å². The van der Waals surface area contributed by atoms with E-state index in [0.717, 1.165) is 12.0 Å². The zero-order chi connectivity index (χ0) is 15.8. The number of carbonyl (C=O) groups excluding carboxylic acids is 1. The van der Waals surface area contributed by atoms with Gasteiger partial charge in [0.1, 0.15) is 17.9 Å². The molecular formula is C18H21NO3. The fourth-order valence-electron chi connectivity index (χ4n) is 2.08. The zero-order valence-electron chi connectivity index (χ0n) is 12.7. The van der Waals surface area contributed by atoms with E-state index in [4.69, 9.17) is 9.15 Å². The molecule has 1 heterocycles. The minimum absolute atomic E-state index is 0.172. The number of benzene rings is 1. The Morgan fingerprint density at radius 2 is 2.09 bits per heavy atom. The Labute approximate surface area is 130 Å². The fraction of sp³-hybridized carbons (Fsp3) is 0.278. The zero-order valence-corrected chi connectivity index (χ0v) is 12.7. The van der Waals surface area contributed by atoms with Crippen LogP contribution in [0, 0.1) is 0 Å². The molecule has 0 aliphatic carbocycles. The molecule has 0 fully saturated rings. The van der Waals surface area contributed by atoms with E-state index in [0.29, 0.717) is 12.4 Å². The van der Waals surface area contributed by atoms with Gasteiger partial charge >= 0.3 is 0 Å². The molecule has 0 radical (unpaired) electrons. The van der Waals surface area contributed by atoms with E-state index in [1.807, 2.05) is 36.4 Å².